The minimum atomic E-state index is -0.277. The Balaban J connectivity index is 2.21. The molecular weight excluding hydrogens is 238 g/mol. The van der Waals surface area contributed by atoms with Gasteiger partial charge in [0, 0.05) is 0 Å². The highest BCUT2D eigenvalue weighted by molar-refractivity contribution is 6.08. The van der Waals surface area contributed by atoms with Crippen molar-refractivity contribution in [1.29, 1.82) is 5.26 Å². The van der Waals surface area contributed by atoms with E-state index in [9.17, 15) is 9.90 Å². The summed E-state index contributed by atoms with van der Waals surface area (Å²) in [5, 5.41) is 18.3. The second kappa shape index (κ2) is 5.65. The van der Waals surface area contributed by atoms with Crippen molar-refractivity contribution < 1.29 is 9.90 Å². The van der Waals surface area contributed by atoms with Crippen LogP contribution in [0, 0.1) is 11.3 Å². The average molecular weight is 249 g/mol. The minimum absolute atomic E-state index is 0.0390. The molecule has 0 amide bonds. The first-order valence-corrected chi connectivity index (χ1v) is 5.71. The van der Waals surface area contributed by atoms with E-state index < -0.39 is 0 Å². The van der Waals surface area contributed by atoms with Gasteiger partial charge in [-0.2, -0.15) is 5.26 Å². The number of rotatable bonds is 3. The van der Waals surface area contributed by atoms with Crippen LogP contribution in [-0.4, -0.2) is 10.9 Å². The van der Waals surface area contributed by atoms with Crippen LogP contribution in [0.5, 0.6) is 5.75 Å². The molecule has 0 bridgehead atoms. The number of carbonyl (C=O) groups excluding carboxylic acids is 1. The molecular formula is C16H11NO2. The van der Waals surface area contributed by atoms with E-state index in [4.69, 9.17) is 5.26 Å². The fourth-order valence-corrected chi connectivity index (χ4v) is 1.66. The van der Waals surface area contributed by atoms with Crippen LogP contribution >= 0.6 is 0 Å². The molecule has 2 aromatic rings. The summed E-state index contributed by atoms with van der Waals surface area (Å²) < 4.78 is 0. The highest BCUT2D eigenvalue weighted by atomic mass is 16.3. The van der Waals surface area contributed by atoms with Gasteiger partial charge < -0.3 is 5.11 Å². The molecule has 0 saturated carbocycles. The number of aromatic hydroxyl groups is 1. The maximum Gasteiger partial charge on any atom is 0.189 e. The van der Waals surface area contributed by atoms with Crippen LogP contribution < -0.4 is 0 Å². The molecule has 1 N–H and O–H groups in total. The molecule has 0 aliphatic carbocycles. The van der Waals surface area contributed by atoms with Gasteiger partial charge in [-0.25, -0.2) is 0 Å². The predicted octanol–water partition coefficient (Wildman–Crippen LogP) is 3.16. The lowest BCUT2D eigenvalue weighted by Gasteiger charge is -1.99. The number of hydrogen-bond donors (Lipinski definition) is 1. The van der Waals surface area contributed by atoms with E-state index in [1.807, 2.05) is 6.07 Å². The van der Waals surface area contributed by atoms with Gasteiger partial charge in [-0.1, -0.05) is 30.3 Å². The molecule has 0 aliphatic heterocycles. The summed E-state index contributed by atoms with van der Waals surface area (Å²) in [6.45, 7) is 0. The number of nitriles is 1. The highest BCUT2D eigenvalue weighted by Crippen LogP contribution is 2.17. The Morgan fingerprint density at radius 1 is 1.16 bits per heavy atom. The molecule has 0 atom stereocenters. The topological polar surface area (TPSA) is 61.1 Å². The molecule has 0 spiro atoms. The van der Waals surface area contributed by atoms with Crippen LogP contribution in [0.2, 0.25) is 0 Å². The summed E-state index contributed by atoms with van der Waals surface area (Å²) >= 11 is 0. The summed E-state index contributed by atoms with van der Waals surface area (Å²) in [5.74, 6) is -0.316. The lowest BCUT2D eigenvalue weighted by Crippen LogP contribution is -1.94. The molecule has 3 heteroatoms. The van der Waals surface area contributed by atoms with Gasteiger partial charge in [-0.15, -0.1) is 0 Å². The predicted molar refractivity (Wildman–Crippen MR) is 72.6 cm³/mol. The first-order chi connectivity index (χ1) is 9.20. The average Bonchev–Trinajstić information content (AvgIpc) is 2.45. The molecule has 2 rings (SSSR count). The van der Waals surface area contributed by atoms with Crippen LogP contribution in [0.3, 0.4) is 0 Å². The Morgan fingerprint density at radius 2 is 1.95 bits per heavy atom. The molecule has 0 fully saturated rings. The summed E-state index contributed by atoms with van der Waals surface area (Å²) in [5.41, 5.74) is 1.56. The van der Waals surface area contributed by atoms with Crippen molar-refractivity contribution in [2.45, 2.75) is 0 Å². The third-order valence-corrected chi connectivity index (χ3v) is 2.61. The van der Waals surface area contributed by atoms with Crippen molar-refractivity contribution in [3.05, 3.63) is 71.3 Å². The van der Waals surface area contributed by atoms with E-state index in [1.165, 1.54) is 12.1 Å². The molecule has 0 heterocycles. The first-order valence-electron chi connectivity index (χ1n) is 5.71. The van der Waals surface area contributed by atoms with Gasteiger partial charge in [0.15, 0.2) is 5.78 Å². The summed E-state index contributed by atoms with van der Waals surface area (Å²) in [6, 6.07) is 15.4. The Morgan fingerprint density at radius 3 is 2.68 bits per heavy atom. The maximum absolute atomic E-state index is 11.9. The molecule has 3 nitrogen and oxygen atoms in total. The largest absolute Gasteiger partial charge is 0.507 e. The lowest BCUT2D eigenvalue weighted by molar-refractivity contribution is 0.104. The third kappa shape index (κ3) is 3.08. The number of para-hydroxylation sites is 1. The molecule has 0 unspecified atom stereocenters. The minimum Gasteiger partial charge on any atom is -0.507 e. The second-order valence-corrected chi connectivity index (χ2v) is 3.95. The molecule has 0 aromatic heterocycles. The zero-order valence-corrected chi connectivity index (χ0v) is 10.1. The van der Waals surface area contributed by atoms with Crippen molar-refractivity contribution in [3.63, 3.8) is 0 Å². The van der Waals surface area contributed by atoms with Crippen molar-refractivity contribution in [1.82, 2.24) is 0 Å². The summed E-state index contributed by atoms with van der Waals surface area (Å²) in [4.78, 5) is 11.9. The second-order valence-electron chi connectivity index (χ2n) is 3.95. The van der Waals surface area contributed by atoms with Gasteiger partial charge in [0.2, 0.25) is 0 Å². The Hall–Kier alpha value is -2.86. The van der Waals surface area contributed by atoms with Crippen molar-refractivity contribution in [2.75, 3.05) is 0 Å². The highest BCUT2D eigenvalue weighted by Gasteiger charge is 2.06. The standard InChI is InChI=1S/C16H11NO2/c17-11-13-5-3-4-12(10-13)8-9-16(19)14-6-1-2-7-15(14)18/h1-10,18H/b9-8+. The molecule has 2 aromatic carbocycles. The number of ketones is 1. The SMILES string of the molecule is N#Cc1cccc(/C=C/C(=O)c2ccccc2O)c1. The monoisotopic (exact) mass is 249 g/mol. The molecule has 19 heavy (non-hydrogen) atoms. The summed E-state index contributed by atoms with van der Waals surface area (Å²) in [6.07, 6.45) is 3.00. The molecule has 0 aliphatic rings. The van der Waals surface area contributed by atoms with Crippen molar-refractivity contribution >= 4 is 11.9 Å². The normalized spacial score (nSPS) is 10.3. The van der Waals surface area contributed by atoms with Crippen LogP contribution in [0.1, 0.15) is 21.5 Å². The summed E-state index contributed by atoms with van der Waals surface area (Å²) in [7, 11) is 0. The van der Waals surface area contributed by atoms with Gasteiger partial charge in [0.05, 0.1) is 17.2 Å². The number of phenolic OH excluding ortho intramolecular Hbond substituents is 1. The van der Waals surface area contributed by atoms with Gasteiger partial charge >= 0.3 is 0 Å². The molecule has 92 valence electrons. The van der Waals surface area contributed by atoms with E-state index in [1.54, 1.807) is 48.5 Å². The fourth-order valence-electron chi connectivity index (χ4n) is 1.66. The quantitative estimate of drug-likeness (QED) is 0.671. The van der Waals surface area contributed by atoms with Gasteiger partial charge in [0.1, 0.15) is 5.75 Å². The van der Waals surface area contributed by atoms with Crippen LogP contribution in [0.4, 0.5) is 0 Å². The maximum atomic E-state index is 11.9. The zero-order valence-electron chi connectivity index (χ0n) is 10.1. The smallest absolute Gasteiger partial charge is 0.189 e. The van der Waals surface area contributed by atoms with Gasteiger partial charge in [-0.05, 0) is 35.9 Å². The Kier molecular flexibility index (Phi) is 3.75. The van der Waals surface area contributed by atoms with Gasteiger partial charge in [0.25, 0.3) is 0 Å². The number of phenols is 1. The van der Waals surface area contributed by atoms with E-state index in [0.29, 0.717) is 5.56 Å². The van der Waals surface area contributed by atoms with E-state index in [2.05, 4.69) is 0 Å². The third-order valence-electron chi connectivity index (χ3n) is 2.61. The zero-order chi connectivity index (χ0) is 13.7. The first kappa shape index (κ1) is 12.6. The number of hydrogen-bond acceptors (Lipinski definition) is 3. The van der Waals surface area contributed by atoms with Crippen LogP contribution in [-0.2, 0) is 0 Å². The Labute approximate surface area is 111 Å². The van der Waals surface area contributed by atoms with Crippen LogP contribution in [0.15, 0.2) is 54.6 Å². The van der Waals surface area contributed by atoms with E-state index in [0.717, 1.165) is 5.56 Å². The number of nitrogens with zero attached hydrogens (tertiary/aromatic N) is 1. The molecule has 0 radical (unpaired) electrons. The van der Waals surface area contributed by atoms with Crippen molar-refractivity contribution in [3.8, 4) is 11.8 Å². The Bertz CT molecular complexity index is 681. The van der Waals surface area contributed by atoms with Gasteiger partial charge in [-0.3, -0.25) is 4.79 Å². The lowest BCUT2D eigenvalue weighted by atomic mass is 10.1. The number of allylic oxidation sites excluding steroid dienone is 1. The van der Waals surface area contributed by atoms with Crippen LogP contribution in [0.25, 0.3) is 6.08 Å². The van der Waals surface area contributed by atoms with E-state index in [-0.39, 0.29) is 17.1 Å². The molecule has 0 saturated heterocycles. The number of carbonyl (C=O) groups is 1. The fraction of sp³-hybridized carbons (Fsp3) is 0. The van der Waals surface area contributed by atoms with E-state index >= 15 is 0 Å². The number of benzene rings is 2. The van der Waals surface area contributed by atoms with Crippen molar-refractivity contribution in [2.24, 2.45) is 0 Å².